The van der Waals surface area contributed by atoms with E-state index in [4.69, 9.17) is 0 Å². The molecular formula is C12H13BrFNOS. The standard InChI is InChI=1S/C12H13BrFNOS/c13-11-5-9(14)2-1-8(11)6-17-7-12(16)15-10-3-4-10/h1-2,5,10H,3-4,6-7H2,(H,15,16). The number of benzene rings is 1. The topological polar surface area (TPSA) is 29.1 Å². The molecule has 0 unspecified atom stereocenters. The van der Waals surface area contributed by atoms with Crippen LogP contribution in [0.1, 0.15) is 18.4 Å². The van der Waals surface area contributed by atoms with Gasteiger partial charge in [0.05, 0.1) is 5.75 Å². The van der Waals surface area contributed by atoms with Crippen LogP contribution >= 0.6 is 27.7 Å². The van der Waals surface area contributed by atoms with Gasteiger partial charge in [0, 0.05) is 16.3 Å². The van der Waals surface area contributed by atoms with Gasteiger partial charge >= 0.3 is 0 Å². The van der Waals surface area contributed by atoms with Crippen LogP contribution in [-0.4, -0.2) is 17.7 Å². The summed E-state index contributed by atoms with van der Waals surface area (Å²) < 4.78 is 13.6. The van der Waals surface area contributed by atoms with Crippen LogP contribution in [0.5, 0.6) is 0 Å². The van der Waals surface area contributed by atoms with Crippen LogP contribution in [0.3, 0.4) is 0 Å². The lowest BCUT2D eigenvalue weighted by molar-refractivity contribution is -0.118. The molecule has 2 nitrogen and oxygen atoms in total. The summed E-state index contributed by atoms with van der Waals surface area (Å²) in [7, 11) is 0. The van der Waals surface area contributed by atoms with E-state index in [0.717, 1.165) is 22.9 Å². The Balaban J connectivity index is 1.75. The summed E-state index contributed by atoms with van der Waals surface area (Å²) in [6, 6.07) is 5.04. The Morgan fingerprint density at radius 3 is 2.94 bits per heavy atom. The van der Waals surface area contributed by atoms with Gasteiger partial charge in [0.25, 0.3) is 0 Å². The summed E-state index contributed by atoms with van der Waals surface area (Å²) in [6.45, 7) is 0. The molecule has 1 aliphatic carbocycles. The normalized spacial score (nSPS) is 14.7. The third-order valence-corrected chi connectivity index (χ3v) is 4.17. The fourth-order valence-corrected chi connectivity index (χ4v) is 2.91. The molecule has 1 amide bonds. The molecule has 1 aromatic carbocycles. The van der Waals surface area contributed by atoms with E-state index >= 15 is 0 Å². The van der Waals surface area contributed by atoms with Crippen LogP contribution in [0.25, 0.3) is 0 Å². The summed E-state index contributed by atoms with van der Waals surface area (Å²) in [5.74, 6) is 1.01. The maximum Gasteiger partial charge on any atom is 0.230 e. The monoisotopic (exact) mass is 317 g/mol. The molecule has 1 N–H and O–H groups in total. The van der Waals surface area contributed by atoms with Gasteiger partial charge in [-0.25, -0.2) is 4.39 Å². The fourth-order valence-electron chi connectivity index (χ4n) is 1.39. The van der Waals surface area contributed by atoms with Crippen molar-refractivity contribution in [1.29, 1.82) is 0 Å². The molecule has 1 aromatic rings. The second kappa shape index (κ2) is 5.87. The third-order valence-electron chi connectivity index (χ3n) is 2.45. The second-order valence-corrected chi connectivity index (χ2v) is 5.91. The number of amides is 1. The number of hydrogen-bond donors (Lipinski definition) is 1. The minimum atomic E-state index is -0.253. The van der Waals surface area contributed by atoms with Gasteiger partial charge in [0.15, 0.2) is 0 Å². The van der Waals surface area contributed by atoms with E-state index in [-0.39, 0.29) is 11.7 Å². The molecule has 1 saturated carbocycles. The van der Waals surface area contributed by atoms with Gasteiger partial charge in [0.1, 0.15) is 5.82 Å². The molecule has 1 fully saturated rings. The summed E-state index contributed by atoms with van der Waals surface area (Å²) in [5, 5.41) is 2.93. The lowest BCUT2D eigenvalue weighted by Gasteiger charge is -2.05. The Labute approximate surface area is 112 Å². The van der Waals surface area contributed by atoms with Gasteiger partial charge in [-0.2, -0.15) is 0 Å². The van der Waals surface area contributed by atoms with Crippen molar-refractivity contribution in [3.05, 3.63) is 34.1 Å². The fraction of sp³-hybridized carbons (Fsp3) is 0.417. The van der Waals surface area contributed by atoms with E-state index in [1.807, 2.05) is 0 Å². The molecule has 0 aromatic heterocycles. The zero-order chi connectivity index (χ0) is 12.3. The SMILES string of the molecule is O=C(CSCc1ccc(F)cc1Br)NC1CC1. The lowest BCUT2D eigenvalue weighted by atomic mass is 10.2. The summed E-state index contributed by atoms with van der Waals surface area (Å²) in [6.07, 6.45) is 2.22. The minimum absolute atomic E-state index is 0.0933. The first-order valence-corrected chi connectivity index (χ1v) is 7.41. The summed E-state index contributed by atoms with van der Waals surface area (Å²) in [5.41, 5.74) is 1.01. The van der Waals surface area contributed by atoms with Gasteiger partial charge in [0.2, 0.25) is 5.91 Å². The Bertz CT molecular complexity index is 423. The van der Waals surface area contributed by atoms with E-state index < -0.39 is 0 Å². The van der Waals surface area contributed by atoms with Gasteiger partial charge in [-0.3, -0.25) is 4.79 Å². The molecule has 17 heavy (non-hydrogen) atoms. The van der Waals surface area contributed by atoms with Crippen molar-refractivity contribution in [1.82, 2.24) is 5.32 Å². The molecule has 2 rings (SSSR count). The molecule has 0 radical (unpaired) electrons. The number of thioether (sulfide) groups is 1. The molecule has 0 aliphatic heterocycles. The predicted molar refractivity (Wildman–Crippen MR) is 71.4 cm³/mol. The van der Waals surface area contributed by atoms with Gasteiger partial charge < -0.3 is 5.32 Å². The van der Waals surface area contributed by atoms with Crippen molar-refractivity contribution < 1.29 is 9.18 Å². The first-order chi connectivity index (χ1) is 8.15. The maximum absolute atomic E-state index is 12.8. The average molecular weight is 318 g/mol. The van der Waals surface area contributed by atoms with Crippen LogP contribution in [0, 0.1) is 5.82 Å². The molecular weight excluding hydrogens is 305 g/mol. The van der Waals surface area contributed by atoms with Crippen molar-refractivity contribution in [3.8, 4) is 0 Å². The highest BCUT2D eigenvalue weighted by Gasteiger charge is 2.22. The van der Waals surface area contributed by atoms with E-state index in [1.165, 1.54) is 23.9 Å². The highest BCUT2D eigenvalue weighted by atomic mass is 79.9. The van der Waals surface area contributed by atoms with E-state index in [2.05, 4.69) is 21.2 Å². The maximum atomic E-state index is 12.8. The predicted octanol–water partition coefficient (Wildman–Crippen LogP) is 3.10. The first-order valence-electron chi connectivity index (χ1n) is 5.46. The molecule has 5 heteroatoms. The largest absolute Gasteiger partial charge is 0.353 e. The second-order valence-electron chi connectivity index (χ2n) is 4.07. The number of nitrogens with one attached hydrogen (secondary N) is 1. The molecule has 0 heterocycles. The third kappa shape index (κ3) is 4.32. The van der Waals surface area contributed by atoms with Crippen LogP contribution in [0.2, 0.25) is 0 Å². The number of hydrogen-bond acceptors (Lipinski definition) is 2. The molecule has 0 saturated heterocycles. The zero-order valence-corrected chi connectivity index (χ0v) is 11.6. The van der Waals surface area contributed by atoms with Crippen LogP contribution in [-0.2, 0) is 10.5 Å². The quantitative estimate of drug-likeness (QED) is 0.904. The lowest BCUT2D eigenvalue weighted by Crippen LogP contribution is -2.27. The Hall–Kier alpha value is -0.550. The van der Waals surface area contributed by atoms with Crippen molar-refractivity contribution in [2.75, 3.05) is 5.75 Å². The zero-order valence-electron chi connectivity index (χ0n) is 9.21. The molecule has 0 bridgehead atoms. The minimum Gasteiger partial charge on any atom is -0.353 e. The van der Waals surface area contributed by atoms with Gasteiger partial charge in [-0.1, -0.05) is 22.0 Å². The van der Waals surface area contributed by atoms with E-state index in [9.17, 15) is 9.18 Å². The number of halogens is 2. The number of carbonyl (C=O) groups excluding carboxylic acids is 1. The van der Waals surface area contributed by atoms with E-state index in [1.54, 1.807) is 6.07 Å². The number of carbonyl (C=O) groups is 1. The molecule has 0 atom stereocenters. The molecule has 1 aliphatic rings. The van der Waals surface area contributed by atoms with Crippen molar-refractivity contribution >= 4 is 33.6 Å². The Morgan fingerprint density at radius 2 is 2.29 bits per heavy atom. The highest BCUT2D eigenvalue weighted by molar-refractivity contribution is 9.10. The molecule has 92 valence electrons. The highest BCUT2D eigenvalue weighted by Crippen LogP contribution is 2.23. The van der Waals surface area contributed by atoms with Gasteiger partial charge in [-0.15, -0.1) is 11.8 Å². The number of rotatable bonds is 5. The summed E-state index contributed by atoms with van der Waals surface area (Å²) in [4.78, 5) is 11.4. The Kier molecular flexibility index (Phi) is 4.45. The molecule has 0 spiro atoms. The van der Waals surface area contributed by atoms with Crippen molar-refractivity contribution in [3.63, 3.8) is 0 Å². The smallest absolute Gasteiger partial charge is 0.230 e. The van der Waals surface area contributed by atoms with Crippen molar-refractivity contribution in [2.45, 2.75) is 24.6 Å². The van der Waals surface area contributed by atoms with Crippen molar-refractivity contribution in [2.24, 2.45) is 0 Å². The summed E-state index contributed by atoms with van der Waals surface area (Å²) >= 11 is 4.85. The first kappa shape index (κ1) is 12.9. The van der Waals surface area contributed by atoms with Crippen LogP contribution in [0.15, 0.2) is 22.7 Å². The average Bonchev–Trinajstić information content (AvgIpc) is 3.05. The van der Waals surface area contributed by atoms with Crippen LogP contribution < -0.4 is 5.32 Å². The Morgan fingerprint density at radius 1 is 1.53 bits per heavy atom. The van der Waals surface area contributed by atoms with Crippen LogP contribution in [0.4, 0.5) is 4.39 Å². The van der Waals surface area contributed by atoms with Gasteiger partial charge in [-0.05, 0) is 30.5 Å². The van der Waals surface area contributed by atoms with E-state index in [0.29, 0.717) is 17.5 Å².